The van der Waals surface area contributed by atoms with Gasteiger partial charge in [-0.3, -0.25) is 14.3 Å². The molecular weight excluding hydrogens is 318 g/mol. The third kappa shape index (κ3) is 3.90. The van der Waals surface area contributed by atoms with Crippen LogP contribution >= 0.6 is 0 Å². The maximum absolute atomic E-state index is 12.5. The molecule has 6 nitrogen and oxygen atoms in total. The van der Waals surface area contributed by atoms with E-state index in [2.05, 4.69) is 10.4 Å². The van der Waals surface area contributed by atoms with Crippen LogP contribution in [0.2, 0.25) is 0 Å². The first-order valence-corrected chi connectivity index (χ1v) is 8.61. The summed E-state index contributed by atoms with van der Waals surface area (Å²) in [4.78, 5) is 24.0. The Hall–Kier alpha value is -2.63. The van der Waals surface area contributed by atoms with Crippen molar-refractivity contribution in [3.63, 3.8) is 0 Å². The summed E-state index contributed by atoms with van der Waals surface area (Å²) in [5.74, 6) is -0.536. The number of amides is 1. The standard InChI is InChI=1S/C19H23N3O3/c1-13(19(24)25-2)11-14-6-8-15(9-7-14)21-18(23)16-12-20-22-10-4-3-5-17(16)22/h6-9,12-13H,3-5,10-11H2,1-2H3,(H,21,23). The van der Waals surface area contributed by atoms with E-state index in [0.717, 1.165) is 42.8 Å². The number of ether oxygens (including phenoxy) is 1. The minimum absolute atomic E-state index is 0.126. The number of nitrogens with zero attached hydrogens (tertiary/aromatic N) is 2. The van der Waals surface area contributed by atoms with E-state index in [4.69, 9.17) is 4.74 Å². The lowest BCUT2D eigenvalue weighted by Gasteiger charge is -2.14. The van der Waals surface area contributed by atoms with Gasteiger partial charge in [-0.2, -0.15) is 5.10 Å². The Balaban J connectivity index is 1.64. The highest BCUT2D eigenvalue weighted by atomic mass is 16.5. The van der Waals surface area contributed by atoms with E-state index in [9.17, 15) is 9.59 Å². The van der Waals surface area contributed by atoms with Gasteiger partial charge in [0.25, 0.3) is 5.91 Å². The number of aryl methyl sites for hydroxylation is 1. The topological polar surface area (TPSA) is 73.2 Å². The van der Waals surface area contributed by atoms with Gasteiger partial charge in [-0.25, -0.2) is 0 Å². The summed E-state index contributed by atoms with van der Waals surface area (Å²) in [7, 11) is 1.40. The molecule has 132 valence electrons. The summed E-state index contributed by atoms with van der Waals surface area (Å²) in [6.45, 7) is 2.72. The van der Waals surface area contributed by atoms with Crippen molar-refractivity contribution in [1.29, 1.82) is 0 Å². The zero-order chi connectivity index (χ0) is 17.8. The van der Waals surface area contributed by atoms with Crippen molar-refractivity contribution in [3.8, 4) is 0 Å². The third-order valence-electron chi connectivity index (χ3n) is 4.58. The summed E-state index contributed by atoms with van der Waals surface area (Å²) < 4.78 is 6.67. The van der Waals surface area contributed by atoms with Crippen LogP contribution in [0.25, 0.3) is 0 Å². The zero-order valence-electron chi connectivity index (χ0n) is 14.6. The van der Waals surface area contributed by atoms with E-state index in [0.29, 0.717) is 12.0 Å². The van der Waals surface area contributed by atoms with Crippen molar-refractivity contribution in [1.82, 2.24) is 9.78 Å². The van der Waals surface area contributed by atoms with Gasteiger partial charge < -0.3 is 10.1 Å². The number of benzene rings is 1. The average Bonchev–Trinajstić information content (AvgIpc) is 3.06. The monoisotopic (exact) mass is 341 g/mol. The molecule has 1 aromatic heterocycles. The molecule has 0 saturated heterocycles. The second-order valence-electron chi connectivity index (χ2n) is 6.46. The van der Waals surface area contributed by atoms with Gasteiger partial charge in [-0.1, -0.05) is 19.1 Å². The van der Waals surface area contributed by atoms with Crippen LogP contribution in [0.15, 0.2) is 30.5 Å². The van der Waals surface area contributed by atoms with Gasteiger partial charge >= 0.3 is 5.97 Å². The lowest BCUT2D eigenvalue weighted by Crippen LogP contribution is -2.17. The van der Waals surface area contributed by atoms with Crippen LogP contribution in [0.3, 0.4) is 0 Å². The first-order chi connectivity index (χ1) is 12.1. The summed E-state index contributed by atoms with van der Waals surface area (Å²) in [6, 6.07) is 7.55. The number of carbonyl (C=O) groups excluding carboxylic acids is 2. The molecule has 1 amide bonds. The quantitative estimate of drug-likeness (QED) is 0.849. The van der Waals surface area contributed by atoms with Crippen molar-refractivity contribution in [2.75, 3.05) is 12.4 Å². The predicted octanol–water partition coefficient (Wildman–Crippen LogP) is 2.82. The Morgan fingerprint density at radius 1 is 1.28 bits per heavy atom. The van der Waals surface area contributed by atoms with E-state index in [1.54, 1.807) is 6.20 Å². The molecule has 1 unspecified atom stereocenters. The normalized spacial score (nSPS) is 14.5. The number of carbonyl (C=O) groups is 2. The van der Waals surface area contributed by atoms with E-state index in [-0.39, 0.29) is 17.8 Å². The summed E-state index contributed by atoms with van der Waals surface area (Å²) in [5.41, 5.74) is 3.43. The highest BCUT2D eigenvalue weighted by molar-refractivity contribution is 6.05. The minimum atomic E-state index is -0.219. The van der Waals surface area contributed by atoms with Crippen LogP contribution in [0, 0.1) is 5.92 Å². The average molecular weight is 341 g/mol. The maximum Gasteiger partial charge on any atom is 0.308 e. The summed E-state index contributed by atoms with van der Waals surface area (Å²) in [6.07, 6.45) is 5.37. The molecule has 2 aromatic rings. The minimum Gasteiger partial charge on any atom is -0.469 e. The fraction of sp³-hybridized carbons (Fsp3) is 0.421. The van der Waals surface area contributed by atoms with Gasteiger partial charge in [-0.15, -0.1) is 0 Å². The van der Waals surface area contributed by atoms with Crippen molar-refractivity contribution < 1.29 is 14.3 Å². The van der Waals surface area contributed by atoms with Crippen molar-refractivity contribution >= 4 is 17.6 Å². The molecule has 0 aliphatic carbocycles. The van der Waals surface area contributed by atoms with Crippen LogP contribution in [0.1, 0.15) is 41.4 Å². The number of aromatic nitrogens is 2. The van der Waals surface area contributed by atoms with Gasteiger partial charge in [0.15, 0.2) is 0 Å². The lowest BCUT2D eigenvalue weighted by atomic mass is 10.0. The Labute approximate surface area is 147 Å². The molecule has 25 heavy (non-hydrogen) atoms. The fourth-order valence-corrected chi connectivity index (χ4v) is 3.17. The summed E-state index contributed by atoms with van der Waals surface area (Å²) in [5, 5.41) is 7.23. The number of nitrogens with one attached hydrogen (secondary N) is 1. The first kappa shape index (κ1) is 17.2. The molecule has 0 saturated carbocycles. The van der Waals surface area contributed by atoms with Crippen LogP contribution in [-0.4, -0.2) is 28.8 Å². The van der Waals surface area contributed by atoms with Crippen LogP contribution in [0.4, 0.5) is 5.69 Å². The Bertz CT molecular complexity index is 765. The number of hydrogen-bond donors (Lipinski definition) is 1. The van der Waals surface area contributed by atoms with E-state index >= 15 is 0 Å². The van der Waals surface area contributed by atoms with Crippen LogP contribution in [-0.2, 0) is 28.9 Å². The van der Waals surface area contributed by atoms with E-state index in [1.807, 2.05) is 35.9 Å². The van der Waals surface area contributed by atoms with Gasteiger partial charge in [0.2, 0.25) is 0 Å². The Kier molecular flexibility index (Phi) is 5.16. The molecule has 1 aromatic carbocycles. The summed E-state index contributed by atoms with van der Waals surface area (Å²) >= 11 is 0. The molecule has 0 spiro atoms. The molecule has 6 heteroatoms. The molecule has 0 radical (unpaired) electrons. The van der Waals surface area contributed by atoms with Crippen molar-refractivity contribution in [2.24, 2.45) is 5.92 Å². The Morgan fingerprint density at radius 2 is 2.04 bits per heavy atom. The number of rotatable bonds is 5. The van der Waals surface area contributed by atoms with Gasteiger partial charge in [0.05, 0.1) is 30.5 Å². The SMILES string of the molecule is COC(=O)C(C)Cc1ccc(NC(=O)c2cnn3c2CCCC3)cc1. The van der Waals surface area contributed by atoms with Gasteiger partial charge in [0, 0.05) is 12.2 Å². The lowest BCUT2D eigenvalue weighted by molar-refractivity contribution is -0.144. The molecular formula is C19H23N3O3. The maximum atomic E-state index is 12.5. The molecule has 0 fully saturated rings. The molecule has 1 aliphatic heterocycles. The molecule has 1 atom stereocenters. The van der Waals surface area contributed by atoms with Crippen LogP contribution < -0.4 is 5.32 Å². The number of methoxy groups -OCH3 is 1. The second kappa shape index (κ2) is 7.51. The van der Waals surface area contributed by atoms with Gasteiger partial charge in [-0.05, 0) is 43.4 Å². The molecule has 1 aliphatic rings. The molecule has 2 heterocycles. The first-order valence-electron chi connectivity index (χ1n) is 8.61. The van der Waals surface area contributed by atoms with Crippen molar-refractivity contribution in [3.05, 3.63) is 47.3 Å². The smallest absolute Gasteiger partial charge is 0.308 e. The largest absolute Gasteiger partial charge is 0.469 e. The number of fused-ring (bicyclic) bond motifs is 1. The fourth-order valence-electron chi connectivity index (χ4n) is 3.17. The number of esters is 1. The number of hydrogen-bond acceptors (Lipinski definition) is 4. The van der Waals surface area contributed by atoms with E-state index < -0.39 is 0 Å². The zero-order valence-corrected chi connectivity index (χ0v) is 14.6. The molecule has 3 rings (SSSR count). The predicted molar refractivity (Wildman–Crippen MR) is 94.4 cm³/mol. The van der Waals surface area contributed by atoms with Crippen molar-refractivity contribution in [2.45, 2.75) is 39.2 Å². The highest BCUT2D eigenvalue weighted by Gasteiger charge is 2.20. The Morgan fingerprint density at radius 3 is 2.76 bits per heavy atom. The number of anilines is 1. The highest BCUT2D eigenvalue weighted by Crippen LogP contribution is 2.20. The third-order valence-corrected chi connectivity index (χ3v) is 4.58. The van der Waals surface area contributed by atoms with Crippen LogP contribution in [0.5, 0.6) is 0 Å². The van der Waals surface area contributed by atoms with Gasteiger partial charge in [0.1, 0.15) is 0 Å². The van der Waals surface area contributed by atoms with E-state index in [1.165, 1.54) is 7.11 Å². The molecule has 1 N–H and O–H groups in total. The second-order valence-corrected chi connectivity index (χ2v) is 6.46. The molecule has 0 bridgehead atoms.